The van der Waals surface area contributed by atoms with Gasteiger partial charge < -0.3 is 10.2 Å². The fourth-order valence-corrected chi connectivity index (χ4v) is 3.28. The SMILES string of the molecule is CC1CCCN(c2cc(C(=O)Nc3ccc(Cl)c(C(F)(F)F)c3)ncn2)C1. The first kappa shape index (κ1) is 19.4. The number of carbonyl (C=O) groups is 1. The minimum Gasteiger partial charge on any atom is -0.356 e. The lowest BCUT2D eigenvalue weighted by molar-refractivity contribution is -0.137. The average Bonchev–Trinajstić information content (AvgIpc) is 2.62. The van der Waals surface area contributed by atoms with Gasteiger partial charge in [-0.15, -0.1) is 0 Å². The van der Waals surface area contributed by atoms with Gasteiger partial charge in [-0.3, -0.25) is 4.79 Å². The fourth-order valence-electron chi connectivity index (χ4n) is 3.06. The Morgan fingerprint density at radius 3 is 2.78 bits per heavy atom. The van der Waals surface area contributed by atoms with Crippen LogP contribution in [-0.2, 0) is 6.18 Å². The summed E-state index contributed by atoms with van der Waals surface area (Å²) in [5.41, 5.74) is -0.933. The topological polar surface area (TPSA) is 58.1 Å². The van der Waals surface area contributed by atoms with Gasteiger partial charge in [0.05, 0.1) is 10.6 Å². The molecule has 0 radical (unpaired) electrons. The third-order valence-electron chi connectivity index (χ3n) is 4.40. The maximum absolute atomic E-state index is 13.0. The molecule has 0 aliphatic carbocycles. The quantitative estimate of drug-likeness (QED) is 0.818. The van der Waals surface area contributed by atoms with Crippen LogP contribution in [0.2, 0.25) is 5.02 Å². The summed E-state index contributed by atoms with van der Waals surface area (Å²) in [6, 6.07) is 4.76. The number of anilines is 2. The van der Waals surface area contributed by atoms with Gasteiger partial charge in [0.15, 0.2) is 0 Å². The van der Waals surface area contributed by atoms with Crippen LogP contribution in [0.5, 0.6) is 0 Å². The number of nitrogens with zero attached hydrogens (tertiary/aromatic N) is 3. The minimum atomic E-state index is -4.61. The first-order valence-corrected chi connectivity index (χ1v) is 8.87. The number of alkyl halides is 3. The van der Waals surface area contributed by atoms with E-state index in [1.165, 1.54) is 12.4 Å². The third-order valence-corrected chi connectivity index (χ3v) is 4.73. The van der Waals surface area contributed by atoms with Crippen molar-refractivity contribution < 1.29 is 18.0 Å². The molecule has 1 atom stereocenters. The molecule has 0 spiro atoms. The molecule has 144 valence electrons. The highest BCUT2D eigenvalue weighted by atomic mass is 35.5. The maximum Gasteiger partial charge on any atom is 0.417 e. The molecule has 0 saturated carbocycles. The Hall–Kier alpha value is -2.35. The maximum atomic E-state index is 13.0. The van der Waals surface area contributed by atoms with Crippen LogP contribution in [0.25, 0.3) is 0 Å². The van der Waals surface area contributed by atoms with E-state index in [9.17, 15) is 18.0 Å². The van der Waals surface area contributed by atoms with E-state index < -0.39 is 22.7 Å². The minimum absolute atomic E-state index is 0.0107. The highest BCUT2D eigenvalue weighted by Gasteiger charge is 2.33. The van der Waals surface area contributed by atoms with E-state index in [1.54, 1.807) is 6.07 Å². The van der Waals surface area contributed by atoms with E-state index in [0.717, 1.165) is 38.1 Å². The highest BCUT2D eigenvalue weighted by molar-refractivity contribution is 6.31. The molecule has 1 aliphatic heterocycles. The van der Waals surface area contributed by atoms with Crippen molar-refractivity contribution in [2.45, 2.75) is 25.9 Å². The zero-order valence-corrected chi connectivity index (χ0v) is 15.3. The summed E-state index contributed by atoms with van der Waals surface area (Å²) < 4.78 is 38.9. The molecule has 0 bridgehead atoms. The van der Waals surface area contributed by atoms with Crippen LogP contribution in [0.15, 0.2) is 30.6 Å². The molecular formula is C18H18ClF3N4O. The van der Waals surface area contributed by atoms with E-state index in [2.05, 4.69) is 27.1 Å². The lowest BCUT2D eigenvalue weighted by Gasteiger charge is -2.31. The van der Waals surface area contributed by atoms with Gasteiger partial charge in [0, 0.05) is 24.8 Å². The average molecular weight is 399 g/mol. The molecule has 3 rings (SSSR count). The predicted molar refractivity (Wildman–Crippen MR) is 97.1 cm³/mol. The Labute approximate surface area is 159 Å². The molecule has 1 N–H and O–H groups in total. The van der Waals surface area contributed by atoms with Crippen LogP contribution in [0.1, 0.15) is 35.8 Å². The first-order valence-electron chi connectivity index (χ1n) is 8.49. The molecule has 1 aromatic carbocycles. The van der Waals surface area contributed by atoms with Gasteiger partial charge in [0.25, 0.3) is 5.91 Å². The molecule has 5 nitrogen and oxygen atoms in total. The van der Waals surface area contributed by atoms with Gasteiger partial charge in [-0.2, -0.15) is 13.2 Å². The Morgan fingerprint density at radius 2 is 2.07 bits per heavy atom. The number of hydrogen-bond acceptors (Lipinski definition) is 4. The summed E-state index contributed by atoms with van der Waals surface area (Å²) in [6.07, 6.45) is -1.14. The second kappa shape index (κ2) is 7.72. The van der Waals surface area contributed by atoms with E-state index in [0.29, 0.717) is 11.7 Å². The summed E-state index contributed by atoms with van der Waals surface area (Å²) in [4.78, 5) is 22.7. The normalized spacial score (nSPS) is 17.7. The number of piperidine rings is 1. The number of benzene rings is 1. The number of halogens is 4. The van der Waals surface area contributed by atoms with Crippen LogP contribution in [0, 0.1) is 5.92 Å². The number of nitrogens with one attached hydrogen (secondary N) is 1. The molecule has 1 unspecified atom stereocenters. The smallest absolute Gasteiger partial charge is 0.356 e. The molecule has 2 aromatic rings. The van der Waals surface area contributed by atoms with Crippen molar-refractivity contribution in [1.29, 1.82) is 0 Å². The lowest BCUT2D eigenvalue weighted by Crippen LogP contribution is -2.35. The van der Waals surface area contributed by atoms with Gasteiger partial charge in [-0.05, 0) is 37.0 Å². The van der Waals surface area contributed by atoms with Crippen molar-refractivity contribution in [3.05, 3.63) is 46.9 Å². The molecule has 27 heavy (non-hydrogen) atoms. The number of rotatable bonds is 3. The molecule has 1 aromatic heterocycles. The standard InChI is InChI=1S/C18H18ClF3N4O/c1-11-3-2-6-26(9-11)16-8-15(23-10-24-16)17(27)25-12-4-5-14(19)13(7-12)18(20,21)22/h4-5,7-8,10-11H,2-3,6,9H2,1H3,(H,25,27). The fraction of sp³-hybridized carbons (Fsp3) is 0.389. The summed E-state index contributed by atoms with van der Waals surface area (Å²) in [7, 11) is 0. The van der Waals surface area contributed by atoms with Crippen molar-refractivity contribution in [3.8, 4) is 0 Å². The second-order valence-electron chi connectivity index (χ2n) is 6.60. The van der Waals surface area contributed by atoms with Crippen LogP contribution >= 0.6 is 11.6 Å². The molecular weight excluding hydrogens is 381 g/mol. The Balaban J connectivity index is 1.78. The molecule has 1 fully saturated rings. The Kier molecular flexibility index (Phi) is 5.55. The second-order valence-corrected chi connectivity index (χ2v) is 7.01. The summed E-state index contributed by atoms with van der Waals surface area (Å²) >= 11 is 5.59. The van der Waals surface area contributed by atoms with Gasteiger partial charge in [-0.1, -0.05) is 18.5 Å². The van der Waals surface area contributed by atoms with Gasteiger partial charge in [0.1, 0.15) is 17.8 Å². The zero-order valence-electron chi connectivity index (χ0n) is 14.6. The Bertz CT molecular complexity index is 844. The summed E-state index contributed by atoms with van der Waals surface area (Å²) in [5, 5.41) is 2.00. The van der Waals surface area contributed by atoms with Gasteiger partial charge >= 0.3 is 6.18 Å². The van der Waals surface area contributed by atoms with Crippen molar-refractivity contribution in [3.63, 3.8) is 0 Å². The Morgan fingerprint density at radius 1 is 1.30 bits per heavy atom. The van der Waals surface area contributed by atoms with Crippen LogP contribution in [0.4, 0.5) is 24.7 Å². The van der Waals surface area contributed by atoms with Gasteiger partial charge in [0.2, 0.25) is 0 Å². The van der Waals surface area contributed by atoms with E-state index in [1.807, 2.05) is 0 Å². The summed E-state index contributed by atoms with van der Waals surface area (Å²) in [5.74, 6) is 0.550. The van der Waals surface area contributed by atoms with Crippen molar-refractivity contribution in [1.82, 2.24) is 9.97 Å². The molecule has 1 aliphatic rings. The van der Waals surface area contributed by atoms with Crippen LogP contribution in [-0.4, -0.2) is 29.0 Å². The molecule has 1 saturated heterocycles. The van der Waals surface area contributed by atoms with Gasteiger partial charge in [-0.25, -0.2) is 9.97 Å². The number of aromatic nitrogens is 2. The monoisotopic (exact) mass is 398 g/mol. The van der Waals surface area contributed by atoms with Crippen molar-refractivity contribution in [2.24, 2.45) is 5.92 Å². The highest BCUT2D eigenvalue weighted by Crippen LogP contribution is 2.36. The summed E-state index contributed by atoms with van der Waals surface area (Å²) in [6.45, 7) is 3.83. The lowest BCUT2D eigenvalue weighted by atomic mass is 10.0. The largest absolute Gasteiger partial charge is 0.417 e. The molecule has 1 amide bonds. The first-order chi connectivity index (χ1) is 12.7. The van der Waals surface area contributed by atoms with Crippen molar-refractivity contribution >= 4 is 29.0 Å². The van der Waals surface area contributed by atoms with E-state index in [-0.39, 0.29) is 11.4 Å². The number of carbonyl (C=O) groups excluding carboxylic acids is 1. The van der Waals surface area contributed by atoms with Crippen molar-refractivity contribution in [2.75, 3.05) is 23.3 Å². The van der Waals surface area contributed by atoms with Crippen LogP contribution < -0.4 is 10.2 Å². The van der Waals surface area contributed by atoms with E-state index in [4.69, 9.17) is 11.6 Å². The van der Waals surface area contributed by atoms with Crippen LogP contribution in [0.3, 0.4) is 0 Å². The number of hydrogen-bond donors (Lipinski definition) is 1. The third kappa shape index (κ3) is 4.68. The molecule has 9 heteroatoms. The van der Waals surface area contributed by atoms with E-state index >= 15 is 0 Å². The zero-order chi connectivity index (χ0) is 19.6. The predicted octanol–water partition coefficient (Wildman–Crippen LogP) is 4.64. The number of amides is 1. The molecule has 2 heterocycles.